The third-order valence-electron chi connectivity index (χ3n) is 5.91. The van der Waals surface area contributed by atoms with Gasteiger partial charge in [-0.05, 0) is 74.6 Å². The summed E-state index contributed by atoms with van der Waals surface area (Å²) >= 11 is 5.62. The lowest BCUT2D eigenvalue weighted by Crippen LogP contribution is -2.51. The first kappa shape index (κ1) is 26.0. The Morgan fingerprint density at radius 2 is 1.46 bits per heavy atom. The Morgan fingerprint density at radius 1 is 0.821 bits per heavy atom. The Bertz CT molecular complexity index is 1400. The highest BCUT2D eigenvalue weighted by Gasteiger charge is 2.22. The number of hydrogen-bond acceptors (Lipinski definition) is 7. The van der Waals surface area contributed by atoms with Crippen molar-refractivity contribution in [3.8, 4) is 11.5 Å². The second-order valence-corrected chi connectivity index (χ2v) is 9.31. The lowest BCUT2D eigenvalue weighted by molar-refractivity contribution is 0.382. The monoisotopic (exact) mass is 539 g/mol. The molecular weight excluding hydrogens is 510 g/mol. The van der Waals surface area contributed by atoms with Crippen LogP contribution in [0.15, 0.2) is 84.1 Å². The first-order valence-corrected chi connectivity index (χ1v) is 13.0. The quantitative estimate of drug-likeness (QED) is 0.211. The van der Waals surface area contributed by atoms with Crippen molar-refractivity contribution in [3.63, 3.8) is 0 Å². The van der Waals surface area contributed by atoms with Gasteiger partial charge in [0.25, 0.3) is 0 Å². The minimum Gasteiger partial charge on any atom is -0.457 e. The number of aliphatic imine (C=N–C) groups is 1. The van der Waals surface area contributed by atoms with Crippen LogP contribution < -0.4 is 20.3 Å². The SMILES string of the molecule is Cc1cc(C)nc(N/C(=N/C(=S)Nc2ccc(Oc3ccccc3)cc2)N2CCN(c3ncccn3)CC2)n1. The third kappa shape index (κ3) is 7.23. The Labute approximate surface area is 232 Å². The summed E-state index contributed by atoms with van der Waals surface area (Å²) in [6.45, 7) is 6.74. The maximum atomic E-state index is 5.88. The molecule has 2 N–H and O–H groups in total. The third-order valence-corrected chi connectivity index (χ3v) is 6.11. The van der Waals surface area contributed by atoms with E-state index in [0.29, 0.717) is 30.1 Å². The van der Waals surface area contributed by atoms with Gasteiger partial charge in [0.2, 0.25) is 23.0 Å². The van der Waals surface area contributed by atoms with E-state index >= 15 is 0 Å². The van der Waals surface area contributed by atoms with Crippen molar-refractivity contribution in [1.82, 2.24) is 24.8 Å². The first-order chi connectivity index (χ1) is 19.0. The van der Waals surface area contributed by atoms with Crippen LogP contribution in [0.5, 0.6) is 11.5 Å². The number of benzene rings is 2. The van der Waals surface area contributed by atoms with Crippen LogP contribution in [-0.2, 0) is 0 Å². The molecule has 198 valence electrons. The van der Waals surface area contributed by atoms with Crippen LogP contribution in [0, 0.1) is 13.8 Å². The molecule has 10 nitrogen and oxygen atoms in total. The topological polar surface area (TPSA) is 104 Å². The Kier molecular flexibility index (Phi) is 8.18. The van der Waals surface area contributed by atoms with Crippen molar-refractivity contribution < 1.29 is 4.74 Å². The number of thiocarbonyl (C=S) groups is 1. The van der Waals surface area contributed by atoms with Crippen LogP contribution in [0.3, 0.4) is 0 Å². The fraction of sp³-hybridized carbons (Fsp3) is 0.214. The van der Waals surface area contributed by atoms with Crippen LogP contribution in [0.25, 0.3) is 0 Å². The molecule has 1 aliphatic rings. The minimum absolute atomic E-state index is 0.312. The van der Waals surface area contributed by atoms with E-state index in [1.165, 1.54) is 0 Å². The second-order valence-electron chi connectivity index (χ2n) is 8.93. The van der Waals surface area contributed by atoms with Gasteiger partial charge in [-0.25, -0.2) is 19.9 Å². The zero-order chi connectivity index (χ0) is 27.0. The molecule has 0 amide bonds. The molecule has 0 spiro atoms. The number of piperazine rings is 1. The highest BCUT2D eigenvalue weighted by Crippen LogP contribution is 2.23. The number of guanidine groups is 1. The molecule has 4 aromatic rings. The predicted molar refractivity (Wildman–Crippen MR) is 158 cm³/mol. The smallest absolute Gasteiger partial charge is 0.229 e. The molecule has 11 heteroatoms. The molecule has 1 aliphatic heterocycles. The molecule has 2 aromatic heterocycles. The minimum atomic E-state index is 0.312. The fourth-order valence-corrected chi connectivity index (χ4v) is 4.32. The number of aromatic nitrogens is 4. The van der Waals surface area contributed by atoms with Crippen molar-refractivity contribution in [2.75, 3.05) is 41.7 Å². The Balaban J connectivity index is 1.29. The molecule has 0 unspecified atom stereocenters. The number of para-hydroxylation sites is 1. The standard InChI is InChI=1S/C28H29N9OS/c1-20-19-21(2)32-25(31-20)34-27(37-17-15-36(16-18-37)26-29-13-6-14-30-26)35-28(39)33-22-9-11-24(12-10-22)38-23-7-4-3-5-8-23/h3-14,19H,15-18H2,1-2H3,(H2,31,32,33,34,35,39). The molecule has 1 fully saturated rings. The van der Waals surface area contributed by atoms with Gasteiger partial charge in [-0.2, -0.15) is 4.99 Å². The molecular formula is C28H29N9OS. The lowest BCUT2D eigenvalue weighted by Gasteiger charge is -2.36. The summed E-state index contributed by atoms with van der Waals surface area (Å²) < 4.78 is 5.88. The number of aryl methyl sites for hydroxylation is 2. The van der Waals surface area contributed by atoms with E-state index in [1.807, 2.05) is 80.6 Å². The van der Waals surface area contributed by atoms with E-state index in [1.54, 1.807) is 12.4 Å². The summed E-state index contributed by atoms with van der Waals surface area (Å²) in [6.07, 6.45) is 3.51. The number of hydrogen-bond donors (Lipinski definition) is 2. The number of rotatable bonds is 5. The van der Waals surface area contributed by atoms with E-state index in [0.717, 1.165) is 47.6 Å². The molecule has 0 aliphatic carbocycles. The summed E-state index contributed by atoms with van der Waals surface area (Å²) in [5, 5.41) is 6.80. The zero-order valence-corrected chi connectivity index (χ0v) is 22.6. The largest absolute Gasteiger partial charge is 0.457 e. The molecule has 2 aromatic carbocycles. The normalized spacial score (nSPS) is 13.6. The first-order valence-electron chi connectivity index (χ1n) is 12.6. The molecule has 1 saturated heterocycles. The summed E-state index contributed by atoms with van der Waals surface area (Å²) in [6, 6.07) is 21.0. The summed E-state index contributed by atoms with van der Waals surface area (Å²) in [5.74, 6) is 3.29. The van der Waals surface area contributed by atoms with E-state index < -0.39 is 0 Å². The molecule has 0 bridgehead atoms. The summed E-state index contributed by atoms with van der Waals surface area (Å²) in [7, 11) is 0. The maximum Gasteiger partial charge on any atom is 0.229 e. The van der Waals surface area contributed by atoms with Crippen LogP contribution in [0.4, 0.5) is 17.6 Å². The fourth-order valence-electron chi connectivity index (χ4n) is 4.11. The van der Waals surface area contributed by atoms with Crippen molar-refractivity contribution in [3.05, 3.63) is 90.5 Å². The summed E-state index contributed by atoms with van der Waals surface area (Å²) in [4.78, 5) is 26.8. The van der Waals surface area contributed by atoms with Crippen molar-refractivity contribution in [2.45, 2.75) is 13.8 Å². The summed E-state index contributed by atoms with van der Waals surface area (Å²) in [5.41, 5.74) is 2.54. The molecule has 5 rings (SSSR count). The van der Waals surface area contributed by atoms with Gasteiger partial charge in [-0.15, -0.1) is 0 Å². The van der Waals surface area contributed by atoms with E-state index in [2.05, 4.69) is 40.4 Å². The van der Waals surface area contributed by atoms with Gasteiger partial charge in [0, 0.05) is 55.6 Å². The molecule has 39 heavy (non-hydrogen) atoms. The number of nitrogens with zero attached hydrogens (tertiary/aromatic N) is 7. The van der Waals surface area contributed by atoms with Crippen molar-refractivity contribution in [1.29, 1.82) is 0 Å². The van der Waals surface area contributed by atoms with Gasteiger partial charge in [0.1, 0.15) is 11.5 Å². The number of anilines is 3. The Morgan fingerprint density at radius 3 is 2.13 bits per heavy atom. The molecule has 3 heterocycles. The zero-order valence-electron chi connectivity index (χ0n) is 21.8. The van der Waals surface area contributed by atoms with Crippen LogP contribution in [0.1, 0.15) is 11.4 Å². The van der Waals surface area contributed by atoms with Crippen molar-refractivity contribution in [2.24, 2.45) is 4.99 Å². The van der Waals surface area contributed by atoms with Gasteiger partial charge >= 0.3 is 0 Å². The van der Waals surface area contributed by atoms with Crippen LogP contribution in [-0.4, -0.2) is 62.1 Å². The van der Waals surface area contributed by atoms with Crippen molar-refractivity contribution >= 4 is 40.9 Å². The van der Waals surface area contributed by atoms with E-state index in [4.69, 9.17) is 21.9 Å². The Hall–Kier alpha value is -4.64. The van der Waals surface area contributed by atoms with E-state index in [9.17, 15) is 0 Å². The van der Waals surface area contributed by atoms with Crippen LogP contribution >= 0.6 is 12.2 Å². The number of ether oxygens (including phenoxy) is 1. The van der Waals surface area contributed by atoms with Gasteiger partial charge in [-0.1, -0.05) is 18.2 Å². The molecule has 0 saturated carbocycles. The molecule has 0 atom stereocenters. The highest BCUT2D eigenvalue weighted by atomic mass is 32.1. The van der Waals surface area contributed by atoms with Crippen LogP contribution in [0.2, 0.25) is 0 Å². The van der Waals surface area contributed by atoms with Gasteiger partial charge in [0.15, 0.2) is 0 Å². The second kappa shape index (κ2) is 12.3. The average molecular weight is 540 g/mol. The highest BCUT2D eigenvalue weighted by molar-refractivity contribution is 7.80. The maximum absolute atomic E-state index is 5.88. The van der Waals surface area contributed by atoms with Gasteiger partial charge in [-0.3, -0.25) is 5.32 Å². The predicted octanol–water partition coefficient (Wildman–Crippen LogP) is 4.66. The number of nitrogens with one attached hydrogen (secondary N) is 2. The van der Waals surface area contributed by atoms with Gasteiger partial charge in [0.05, 0.1) is 0 Å². The van der Waals surface area contributed by atoms with Gasteiger partial charge < -0.3 is 19.9 Å². The molecule has 0 radical (unpaired) electrons. The van der Waals surface area contributed by atoms with E-state index in [-0.39, 0.29) is 0 Å². The average Bonchev–Trinajstić information content (AvgIpc) is 2.94. The lowest BCUT2D eigenvalue weighted by atomic mass is 10.3.